The van der Waals surface area contributed by atoms with E-state index in [0.29, 0.717) is 18.6 Å². The van der Waals surface area contributed by atoms with Crippen molar-refractivity contribution in [3.8, 4) is 0 Å². The van der Waals surface area contributed by atoms with Crippen molar-refractivity contribution in [1.29, 1.82) is 0 Å². The van der Waals surface area contributed by atoms with Crippen LogP contribution in [-0.2, 0) is 4.74 Å². The van der Waals surface area contributed by atoms with Gasteiger partial charge in [0.05, 0.1) is 18.8 Å². The van der Waals surface area contributed by atoms with Crippen molar-refractivity contribution < 1.29 is 23.0 Å². The van der Waals surface area contributed by atoms with E-state index in [1.54, 1.807) is 0 Å². The number of rotatable bonds is 9. The Morgan fingerprint density at radius 2 is 1.84 bits per heavy atom. The van der Waals surface area contributed by atoms with Gasteiger partial charge in [-0.3, -0.25) is 0 Å². The fourth-order valence-electron chi connectivity index (χ4n) is 2.40. The predicted octanol–water partition coefficient (Wildman–Crippen LogP) is 2.24. The largest absolute Gasteiger partial charge is 0.394 e. The Hall–Kier alpha value is -0.330. The minimum absolute atomic E-state index is 0.00651. The van der Waals surface area contributed by atoms with Crippen molar-refractivity contribution in [3.05, 3.63) is 0 Å². The van der Waals surface area contributed by atoms with Crippen LogP contribution in [0.25, 0.3) is 0 Å². The molecule has 3 nitrogen and oxygen atoms in total. The minimum atomic E-state index is -4.11. The molecular weight excluding hydrogens is 259 g/mol. The first-order chi connectivity index (χ1) is 8.95. The van der Waals surface area contributed by atoms with E-state index in [4.69, 9.17) is 4.74 Å². The smallest absolute Gasteiger partial charge is 0.389 e. The second kappa shape index (κ2) is 5.97. The van der Waals surface area contributed by atoms with Gasteiger partial charge in [0.2, 0.25) is 0 Å². The maximum Gasteiger partial charge on any atom is 0.389 e. The Morgan fingerprint density at radius 1 is 1.16 bits per heavy atom. The van der Waals surface area contributed by atoms with Gasteiger partial charge in [-0.15, -0.1) is 0 Å². The topological polar surface area (TPSA) is 41.5 Å². The Kier molecular flexibility index (Phi) is 4.74. The molecule has 0 radical (unpaired) electrons. The fraction of sp³-hybridized carbons (Fsp3) is 1.00. The molecule has 2 aliphatic carbocycles. The van der Waals surface area contributed by atoms with E-state index >= 15 is 0 Å². The summed E-state index contributed by atoms with van der Waals surface area (Å²) in [5, 5.41) is 13.1. The molecule has 2 fully saturated rings. The van der Waals surface area contributed by atoms with E-state index < -0.39 is 18.1 Å². The summed E-state index contributed by atoms with van der Waals surface area (Å²) in [7, 11) is 0. The molecule has 2 saturated carbocycles. The third-order valence-corrected chi connectivity index (χ3v) is 3.82. The van der Waals surface area contributed by atoms with Crippen LogP contribution in [0.2, 0.25) is 0 Å². The van der Waals surface area contributed by atoms with E-state index in [9.17, 15) is 18.3 Å². The maximum absolute atomic E-state index is 12.0. The van der Waals surface area contributed by atoms with Gasteiger partial charge in [0, 0.05) is 19.1 Å². The van der Waals surface area contributed by atoms with Crippen molar-refractivity contribution in [2.45, 2.75) is 56.3 Å². The first-order valence-corrected chi connectivity index (χ1v) is 6.98. The third kappa shape index (κ3) is 4.93. The van der Waals surface area contributed by atoms with Crippen molar-refractivity contribution in [3.63, 3.8) is 0 Å². The minimum Gasteiger partial charge on any atom is -0.394 e. The summed E-state index contributed by atoms with van der Waals surface area (Å²) in [6, 6.07) is 0.450. The van der Waals surface area contributed by atoms with Crippen molar-refractivity contribution in [1.82, 2.24) is 5.32 Å². The van der Waals surface area contributed by atoms with Gasteiger partial charge in [0.15, 0.2) is 0 Å². The Morgan fingerprint density at radius 3 is 2.32 bits per heavy atom. The quantitative estimate of drug-likeness (QED) is 0.637. The molecule has 6 heteroatoms. The molecule has 0 amide bonds. The molecule has 0 aromatic carbocycles. The van der Waals surface area contributed by atoms with Gasteiger partial charge in [-0.1, -0.05) is 0 Å². The molecule has 2 N–H and O–H groups in total. The lowest BCUT2D eigenvalue weighted by atomic mass is 9.95. The predicted molar refractivity (Wildman–Crippen MR) is 64.8 cm³/mol. The van der Waals surface area contributed by atoms with Crippen molar-refractivity contribution in [2.24, 2.45) is 5.92 Å². The Labute approximate surface area is 111 Å². The number of aliphatic hydroxyl groups excluding tert-OH is 1. The summed E-state index contributed by atoms with van der Waals surface area (Å²) in [6.07, 6.45) is -0.582. The highest BCUT2D eigenvalue weighted by atomic mass is 19.4. The monoisotopic (exact) mass is 281 g/mol. The van der Waals surface area contributed by atoms with E-state index in [1.165, 1.54) is 0 Å². The molecule has 0 aromatic rings. The molecular formula is C13H22F3NO2. The van der Waals surface area contributed by atoms with Crippen molar-refractivity contribution in [2.75, 3.05) is 19.8 Å². The number of nitrogens with one attached hydrogen (secondary N) is 1. The summed E-state index contributed by atoms with van der Waals surface area (Å²) in [6.45, 7) is 0.399. The molecule has 0 aromatic heterocycles. The van der Waals surface area contributed by atoms with Gasteiger partial charge >= 0.3 is 6.18 Å². The lowest BCUT2D eigenvalue weighted by Crippen LogP contribution is -2.55. The Balaban J connectivity index is 1.70. The van der Waals surface area contributed by atoms with E-state index in [2.05, 4.69) is 5.32 Å². The number of ether oxygens (including phenoxy) is 1. The number of hydrogen-bond donors (Lipinski definition) is 2. The van der Waals surface area contributed by atoms with Gasteiger partial charge in [0.25, 0.3) is 0 Å². The van der Waals surface area contributed by atoms with Crippen LogP contribution in [-0.4, -0.2) is 42.7 Å². The van der Waals surface area contributed by atoms with Crippen LogP contribution in [0.15, 0.2) is 0 Å². The third-order valence-electron chi connectivity index (χ3n) is 3.82. The molecule has 0 heterocycles. The lowest BCUT2D eigenvalue weighted by Gasteiger charge is -2.33. The van der Waals surface area contributed by atoms with Crippen LogP contribution in [0.5, 0.6) is 0 Å². The summed E-state index contributed by atoms with van der Waals surface area (Å²) in [5.41, 5.74) is -0.431. The SMILES string of the molecule is OCC(COCCCC(F)(F)F)(NC1CC1)C1CC1. The highest BCUT2D eigenvalue weighted by Crippen LogP contribution is 2.41. The molecule has 2 rings (SSSR count). The average molecular weight is 281 g/mol. The van der Waals surface area contributed by atoms with Crippen LogP contribution < -0.4 is 5.32 Å². The van der Waals surface area contributed by atoms with Gasteiger partial charge in [0.1, 0.15) is 0 Å². The average Bonchev–Trinajstić information content (AvgIpc) is 3.17. The molecule has 2 aliphatic rings. The standard InChI is InChI=1S/C13H22F3NO2/c14-13(15,16)6-1-7-19-9-12(8-18,10-2-3-10)17-11-4-5-11/h10-11,17-18H,1-9H2. The van der Waals surface area contributed by atoms with E-state index in [1.807, 2.05) is 0 Å². The molecule has 19 heavy (non-hydrogen) atoms. The molecule has 112 valence electrons. The number of alkyl halides is 3. The van der Waals surface area contributed by atoms with Crippen LogP contribution in [0.1, 0.15) is 38.5 Å². The summed E-state index contributed by atoms with van der Waals surface area (Å²) in [5.74, 6) is 0.403. The van der Waals surface area contributed by atoms with Gasteiger partial charge in [-0.2, -0.15) is 13.2 Å². The molecule has 0 saturated heterocycles. The summed E-state index contributed by atoms with van der Waals surface area (Å²) >= 11 is 0. The molecule has 0 bridgehead atoms. The lowest BCUT2D eigenvalue weighted by molar-refractivity contribution is -0.138. The van der Waals surface area contributed by atoms with Crippen LogP contribution >= 0.6 is 0 Å². The van der Waals surface area contributed by atoms with E-state index in [-0.39, 0.29) is 19.6 Å². The molecule has 1 unspecified atom stereocenters. The first-order valence-electron chi connectivity index (χ1n) is 6.98. The van der Waals surface area contributed by atoms with Gasteiger partial charge in [-0.05, 0) is 38.0 Å². The second-order valence-corrected chi connectivity index (χ2v) is 5.78. The first kappa shape index (κ1) is 15.1. The highest BCUT2D eigenvalue weighted by Gasteiger charge is 2.47. The highest BCUT2D eigenvalue weighted by molar-refractivity contribution is 5.04. The number of hydrogen-bond acceptors (Lipinski definition) is 3. The molecule has 1 atom stereocenters. The summed E-state index contributed by atoms with van der Waals surface area (Å²) < 4.78 is 41.4. The summed E-state index contributed by atoms with van der Waals surface area (Å²) in [4.78, 5) is 0. The zero-order chi connectivity index (χ0) is 13.9. The van der Waals surface area contributed by atoms with Crippen LogP contribution in [0.4, 0.5) is 13.2 Å². The normalized spacial score (nSPS) is 23.4. The zero-order valence-electron chi connectivity index (χ0n) is 11.0. The van der Waals surface area contributed by atoms with Crippen LogP contribution in [0, 0.1) is 5.92 Å². The maximum atomic E-state index is 12.0. The van der Waals surface area contributed by atoms with E-state index in [0.717, 1.165) is 25.7 Å². The number of halogens is 3. The second-order valence-electron chi connectivity index (χ2n) is 5.78. The molecule has 0 aliphatic heterocycles. The number of aliphatic hydroxyl groups is 1. The zero-order valence-corrected chi connectivity index (χ0v) is 11.0. The van der Waals surface area contributed by atoms with Crippen molar-refractivity contribution >= 4 is 0 Å². The van der Waals surface area contributed by atoms with Crippen LogP contribution in [0.3, 0.4) is 0 Å². The molecule has 0 spiro atoms. The Bertz CT molecular complexity index is 290. The van der Waals surface area contributed by atoms with Gasteiger partial charge < -0.3 is 15.2 Å². The fourth-order valence-corrected chi connectivity index (χ4v) is 2.40. The van der Waals surface area contributed by atoms with Gasteiger partial charge in [-0.25, -0.2) is 0 Å².